The topological polar surface area (TPSA) is 131 Å². The van der Waals surface area contributed by atoms with Gasteiger partial charge in [-0.3, -0.25) is 0 Å². The highest BCUT2D eigenvalue weighted by Crippen LogP contribution is 1.91. The standard InChI is InChI=1S/C4H9N3O6/c5-4(3-13-7(10)11)1-2-12-6(8)9/h4H,1-3,5H2/t4-/m0/s1. The minimum atomic E-state index is -0.978. The first kappa shape index (κ1) is 11.4. The molecule has 0 aromatic rings. The van der Waals surface area contributed by atoms with Gasteiger partial charge in [0.15, 0.2) is 0 Å². The van der Waals surface area contributed by atoms with Gasteiger partial charge in [0.1, 0.15) is 6.61 Å². The van der Waals surface area contributed by atoms with Crippen LogP contribution in [0.25, 0.3) is 0 Å². The molecule has 0 unspecified atom stereocenters. The van der Waals surface area contributed by atoms with Gasteiger partial charge >= 0.3 is 0 Å². The molecule has 13 heavy (non-hydrogen) atoms. The average Bonchev–Trinajstić information content (AvgIpc) is 2.00. The zero-order valence-electron chi connectivity index (χ0n) is 6.62. The number of rotatable bonds is 7. The third-order valence-corrected chi connectivity index (χ3v) is 1.08. The second-order valence-electron chi connectivity index (χ2n) is 2.12. The fourth-order valence-electron chi connectivity index (χ4n) is 0.519. The van der Waals surface area contributed by atoms with Crippen LogP contribution < -0.4 is 5.73 Å². The van der Waals surface area contributed by atoms with Crippen LogP contribution >= 0.6 is 0 Å². The maximum atomic E-state index is 9.67. The monoisotopic (exact) mass is 195 g/mol. The molecular weight excluding hydrogens is 186 g/mol. The van der Waals surface area contributed by atoms with Crippen molar-refractivity contribution in [3.8, 4) is 0 Å². The van der Waals surface area contributed by atoms with Gasteiger partial charge in [0.25, 0.3) is 10.2 Å². The van der Waals surface area contributed by atoms with Gasteiger partial charge in [0.05, 0.1) is 6.61 Å². The highest BCUT2D eigenvalue weighted by Gasteiger charge is 2.06. The largest absolute Gasteiger partial charge is 0.326 e. The van der Waals surface area contributed by atoms with Crippen molar-refractivity contribution in [2.24, 2.45) is 5.73 Å². The van der Waals surface area contributed by atoms with Gasteiger partial charge in [0.2, 0.25) is 0 Å². The van der Waals surface area contributed by atoms with Crippen LogP contribution in [0.1, 0.15) is 6.42 Å². The first-order valence-electron chi connectivity index (χ1n) is 3.32. The van der Waals surface area contributed by atoms with Crippen molar-refractivity contribution in [1.82, 2.24) is 0 Å². The molecule has 0 radical (unpaired) electrons. The summed E-state index contributed by atoms with van der Waals surface area (Å²) >= 11 is 0. The summed E-state index contributed by atoms with van der Waals surface area (Å²) in [4.78, 5) is 27.2. The van der Waals surface area contributed by atoms with Crippen molar-refractivity contribution in [3.63, 3.8) is 0 Å². The molecular formula is C4H9N3O6. The van der Waals surface area contributed by atoms with Crippen LogP contribution in [0.2, 0.25) is 0 Å². The predicted octanol–water partition coefficient (Wildman–Crippen LogP) is -0.880. The van der Waals surface area contributed by atoms with Crippen molar-refractivity contribution in [3.05, 3.63) is 20.2 Å². The molecule has 9 nitrogen and oxygen atoms in total. The normalized spacial score (nSPS) is 11.8. The zero-order valence-corrected chi connectivity index (χ0v) is 6.62. The molecule has 0 saturated heterocycles. The Bertz CT molecular complexity index is 185. The number of hydrogen-bond acceptors (Lipinski definition) is 7. The van der Waals surface area contributed by atoms with Crippen molar-refractivity contribution in [1.29, 1.82) is 0 Å². The van der Waals surface area contributed by atoms with Gasteiger partial charge in [-0.25, -0.2) is 0 Å². The smallest absolute Gasteiger partial charge is 0.294 e. The number of nitrogens with two attached hydrogens (primary N) is 1. The molecule has 0 saturated carbocycles. The fraction of sp³-hybridized carbons (Fsp3) is 1.00. The molecule has 0 aliphatic rings. The van der Waals surface area contributed by atoms with Crippen molar-refractivity contribution >= 4 is 0 Å². The Kier molecular flexibility index (Phi) is 5.19. The summed E-state index contributed by atoms with van der Waals surface area (Å²) in [6.45, 7) is -0.497. The minimum absolute atomic E-state index is 0.120. The maximum Gasteiger partial charge on any atom is 0.294 e. The summed E-state index contributed by atoms with van der Waals surface area (Å²) in [5.41, 5.74) is 5.28. The summed E-state index contributed by atoms with van der Waals surface area (Å²) < 4.78 is 0. The highest BCUT2D eigenvalue weighted by molar-refractivity contribution is 4.56. The highest BCUT2D eigenvalue weighted by atomic mass is 17.0. The first-order valence-corrected chi connectivity index (χ1v) is 3.32. The summed E-state index contributed by atoms with van der Waals surface area (Å²) in [7, 11) is 0. The van der Waals surface area contributed by atoms with Crippen LogP contribution in [0.3, 0.4) is 0 Å². The van der Waals surface area contributed by atoms with Crippen LogP contribution in [-0.2, 0) is 9.68 Å². The van der Waals surface area contributed by atoms with E-state index in [1.807, 2.05) is 0 Å². The van der Waals surface area contributed by atoms with Gasteiger partial charge in [-0.15, -0.1) is 20.2 Å². The third-order valence-electron chi connectivity index (χ3n) is 1.08. The summed E-state index contributed by atoms with van der Waals surface area (Å²) in [6, 6.07) is -0.648. The Morgan fingerprint density at radius 1 is 1.23 bits per heavy atom. The lowest BCUT2D eigenvalue weighted by Gasteiger charge is -2.08. The molecule has 2 N–H and O–H groups in total. The second kappa shape index (κ2) is 5.94. The van der Waals surface area contributed by atoms with Crippen molar-refractivity contribution < 1.29 is 19.8 Å². The lowest BCUT2D eigenvalue weighted by molar-refractivity contribution is -0.761. The van der Waals surface area contributed by atoms with Gasteiger partial charge in [-0.1, -0.05) is 0 Å². The summed E-state index contributed by atoms with van der Waals surface area (Å²) in [5, 5.41) is 17.4. The van der Waals surface area contributed by atoms with Crippen LogP contribution in [0.15, 0.2) is 0 Å². The molecule has 0 heterocycles. The van der Waals surface area contributed by atoms with E-state index in [4.69, 9.17) is 5.73 Å². The second-order valence-corrected chi connectivity index (χ2v) is 2.12. The van der Waals surface area contributed by atoms with Crippen LogP contribution in [-0.4, -0.2) is 29.4 Å². The first-order chi connectivity index (χ1) is 6.02. The van der Waals surface area contributed by atoms with Crippen LogP contribution in [0.5, 0.6) is 0 Å². The van der Waals surface area contributed by atoms with E-state index in [9.17, 15) is 20.2 Å². The van der Waals surface area contributed by atoms with E-state index >= 15 is 0 Å². The summed E-state index contributed by atoms with van der Waals surface area (Å²) in [6.07, 6.45) is 0.120. The molecule has 0 bridgehead atoms. The molecule has 76 valence electrons. The van der Waals surface area contributed by atoms with Gasteiger partial charge in [-0.05, 0) is 6.42 Å². The van der Waals surface area contributed by atoms with Gasteiger partial charge in [-0.2, -0.15) is 0 Å². The minimum Gasteiger partial charge on any atom is -0.326 e. The Labute approximate surface area is 72.6 Å². The lowest BCUT2D eigenvalue weighted by Crippen LogP contribution is -2.29. The van der Waals surface area contributed by atoms with E-state index in [1.54, 1.807) is 0 Å². The molecule has 9 heteroatoms. The zero-order chi connectivity index (χ0) is 10.3. The van der Waals surface area contributed by atoms with Gasteiger partial charge < -0.3 is 15.4 Å². The van der Waals surface area contributed by atoms with Gasteiger partial charge in [0, 0.05) is 6.04 Å². The molecule has 0 aromatic heterocycles. The van der Waals surface area contributed by atoms with Crippen molar-refractivity contribution in [2.75, 3.05) is 13.2 Å². The van der Waals surface area contributed by atoms with E-state index in [-0.39, 0.29) is 19.6 Å². The Hall–Kier alpha value is -1.64. The van der Waals surface area contributed by atoms with Crippen LogP contribution in [0, 0.1) is 20.2 Å². The fourth-order valence-corrected chi connectivity index (χ4v) is 0.519. The Balaban J connectivity index is 3.35. The van der Waals surface area contributed by atoms with E-state index in [0.717, 1.165) is 0 Å². The lowest BCUT2D eigenvalue weighted by atomic mass is 10.2. The average molecular weight is 195 g/mol. The molecule has 0 amide bonds. The van der Waals surface area contributed by atoms with Crippen molar-refractivity contribution in [2.45, 2.75) is 12.5 Å². The van der Waals surface area contributed by atoms with E-state index in [2.05, 4.69) is 9.68 Å². The van der Waals surface area contributed by atoms with E-state index < -0.39 is 16.2 Å². The number of nitrogens with zero attached hydrogens (tertiary/aromatic N) is 2. The third kappa shape index (κ3) is 8.26. The maximum absolute atomic E-state index is 9.67. The van der Waals surface area contributed by atoms with E-state index in [1.165, 1.54) is 0 Å². The molecule has 1 atom stereocenters. The predicted molar refractivity (Wildman–Crippen MR) is 38.5 cm³/mol. The molecule has 0 aliphatic carbocycles. The quantitative estimate of drug-likeness (QED) is 0.412. The van der Waals surface area contributed by atoms with E-state index in [0.29, 0.717) is 0 Å². The molecule has 0 spiro atoms. The SMILES string of the molecule is N[C@@H](CCO[N+](=O)[O-])CO[N+](=O)[O-]. The Morgan fingerprint density at radius 3 is 2.23 bits per heavy atom. The van der Waals surface area contributed by atoms with Crippen LogP contribution in [0.4, 0.5) is 0 Å². The molecule has 0 aromatic carbocycles. The Morgan fingerprint density at radius 2 is 1.77 bits per heavy atom. The number of hydrogen-bond donors (Lipinski definition) is 1. The molecule has 0 rings (SSSR count). The molecule has 0 fully saturated rings. The molecule has 0 aliphatic heterocycles. The summed E-state index contributed by atoms with van der Waals surface area (Å²) in [5.74, 6) is 0.